The zero-order valence-corrected chi connectivity index (χ0v) is 19.8. The van der Waals surface area contributed by atoms with Crippen molar-refractivity contribution in [1.29, 1.82) is 0 Å². The largest absolute Gasteiger partial charge is 0.483 e. The molecule has 0 bridgehead atoms. The van der Waals surface area contributed by atoms with E-state index >= 15 is 0 Å². The normalized spacial score (nSPS) is 11.6. The van der Waals surface area contributed by atoms with Gasteiger partial charge in [0.05, 0.1) is 4.47 Å². The van der Waals surface area contributed by atoms with Crippen LogP contribution in [0, 0.1) is 6.92 Å². The molecule has 0 aromatic heterocycles. The van der Waals surface area contributed by atoms with Gasteiger partial charge in [-0.2, -0.15) is 0 Å². The van der Waals surface area contributed by atoms with Gasteiger partial charge in [0.1, 0.15) is 11.8 Å². The maximum absolute atomic E-state index is 13.1. The quantitative estimate of drug-likeness (QED) is 0.545. The predicted octanol–water partition coefficient (Wildman–Crippen LogP) is 4.64. The number of nitrogens with zero attached hydrogens (tertiary/aromatic N) is 1. The Balaban J connectivity index is 2.19. The van der Waals surface area contributed by atoms with E-state index in [-0.39, 0.29) is 18.4 Å². The average Bonchev–Trinajstić information content (AvgIpc) is 2.74. The molecule has 0 unspecified atom stereocenters. The first kappa shape index (κ1) is 23.9. The number of carbonyl (C=O) groups excluding carboxylic acids is 2. The number of carbonyl (C=O) groups is 2. The summed E-state index contributed by atoms with van der Waals surface area (Å²) in [7, 11) is 0. The Labute approximate surface area is 187 Å². The Morgan fingerprint density at radius 2 is 1.73 bits per heavy atom. The highest BCUT2D eigenvalue weighted by Gasteiger charge is 2.28. The van der Waals surface area contributed by atoms with Crippen LogP contribution >= 0.6 is 15.9 Å². The highest BCUT2D eigenvalue weighted by atomic mass is 79.9. The molecule has 1 atom stereocenters. The second kappa shape index (κ2) is 11.7. The van der Waals surface area contributed by atoms with Crippen molar-refractivity contribution in [2.75, 3.05) is 13.2 Å². The minimum Gasteiger partial charge on any atom is -0.483 e. The molecule has 0 aliphatic carbocycles. The summed E-state index contributed by atoms with van der Waals surface area (Å²) in [5.41, 5.74) is 3.31. The number of nitrogens with one attached hydrogen (secondary N) is 1. The third-order valence-corrected chi connectivity index (χ3v) is 5.59. The van der Waals surface area contributed by atoms with Crippen molar-refractivity contribution in [2.45, 2.75) is 53.1 Å². The molecule has 5 nitrogen and oxygen atoms in total. The Bertz CT molecular complexity index is 852. The highest BCUT2D eigenvalue weighted by molar-refractivity contribution is 9.10. The first-order chi connectivity index (χ1) is 14.4. The smallest absolute Gasteiger partial charge is 0.261 e. The summed E-state index contributed by atoms with van der Waals surface area (Å²) >= 11 is 3.51. The maximum atomic E-state index is 13.1. The molecular formula is C24H31BrN2O3. The third-order valence-electron chi connectivity index (χ3n) is 4.97. The van der Waals surface area contributed by atoms with Crippen LogP contribution in [-0.2, 0) is 22.6 Å². The molecule has 0 heterocycles. The van der Waals surface area contributed by atoms with Gasteiger partial charge < -0.3 is 15.0 Å². The van der Waals surface area contributed by atoms with Crippen molar-refractivity contribution in [3.8, 4) is 5.75 Å². The van der Waals surface area contributed by atoms with Crippen molar-refractivity contribution >= 4 is 27.7 Å². The van der Waals surface area contributed by atoms with E-state index in [9.17, 15) is 9.59 Å². The SMILES string of the molecule is CCNC(=O)[C@@H](CC)N(Cc1ccc(C)cc1)C(=O)COc1ccc(CC)cc1Br. The van der Waals surface area contributed by atoms with Crippen LogP contribution in [-0.4, -0.2) is 35.9 Å². The van der Waals surface area contributed by atoms with Gasteiger partial charge in [-0.05, 0) is 65.9 Å². The summed E-state index contributed by atoms with van der Waals surface area (Å²) in [6.07, 6.45) is 1.45. The Morgan fingerprint density at radius 1 is 1.07 bits per heavy atom. The van der Waals surface area contributed by atoms with E-state index in [4.69, 9.17) is 4.74 Å². The van der Waals surface area contributed by atoms with Gasteiger partial charge in [0.15, 0.2) is 6.61 Å². The van der Waals surface area contributed by atoms with E-state index in [2.05, 4.69) is 28.2 Å². The summed E-state index contributed by atoms with van der Waals surface area (Å²) in [4.78, 5) is 27.4. The molecule has 30 heavy (non-hydrogen) atoms. The minimum absolute atomic E-state index is 0.133. The van der Waals surface area contributed by atoms with Crippen LogP contribution < -0.4 is 10.1 Å². The highest BCUT2D eigenvalue weighted by Crippen LogP contribution is 2.26. The average molecular weight is 475 g/mol. The van der Waals surface area contributed by atoms with Crippen LogP contribution in [0.15, 0.2) is 46.9 Å². The van der Waals surface area contributed by atoms with Crippen molar-refractivity contribution in [2.24, 2.45) is 0 Å². The van der Waals surface area contributed by atoms with Gasteiger partial charge in [-0.3, -0.25) is 9.59 Å². The van der Waals surface area contributed by atoms with Gasteiger partial charge in [0.2, 0.25) is 5.91 Å². The summed E-state index contributed by atoms with van der Waals surface area (Å²) in [6.45, 7) is 8.63. The number of benzene rings is 2. The predicted molar refractivity (Wildman–Crippen MR) is 124 cm³/mol. The fraction of sp³-hybridized carbons (Fsp3) is 0.417. The van der Waals surface area contributed by atoms with Crippen molar-refractivity contribution in [1.82, 2.24) is 10.2 Å². The molecule has 6 heteroatoms. The number of halogens is 1. The van der Waals surface area contributed by atoms with Gasteiger partial charge in [-0.15, -0.1) is 0 Å². The number of rotatable bonds is 10. The van der Waals surface area contributed by atoms with E-state index in [0.717, 1.165) is 22.0 Å². The summed E-state index contributed by atoms with van der Waals surface area (Å²) < 4.78 is 6.62. The van der Waals surface area contributed by atoms with Gasteiger partial charge in [-0.25, -0.2) is 0 Å². The number of hydrogen-bond acceptors (Lipinski definition) is 3. The zero-order valence-electron chi connectivity index (χ0n) is 18.2. The Hall–Kier alpha value is -2.34. The van der Waals surface area contributed by atoms with Crippen molar-refractivity contribution < 1.29 is 14.3 Å². The Kier molecular flexibility index (Phi) is 9.37. The van der Waals surface area contributed by atoms with Gasteiger partial charge in [0.25, 0.3) is 5.91 Å². The van der Waals surface area contributed by atoms with Crippen molar-refractivity contribution in [3.63, 3.8) is 0 Å². The zero-order chi connectivity index (χ0) is 22.1. The topological polar surface area (TPSA) is 58.6 Å². The summed E-state index contributed by atoms with van der Waals surface area (Å²) in [6, 6.07) is 13.3. The molecule has 0 aliphatic heterocycles. The lowest BCUT2D eigenvalue weighted by Gasteiger charge is -2.30. The molecule has 0 radical (unpaired) electrons. The molecule has 2 aromatic carbocycles. The van der Waals surface area contributed by atoms with Crippen LogP contribution in [0.2, 0.25) is 0 Å². The van der Waals surface area contributed by atoms with Crippen LogP contribution in [0.1, 0.15) is 43.9 Å². The first-order valence-electron chi connectivity index (χ1n) is 10.4. The first-order valence-corrected chi connectivity index (χ1v) is 11.2. The molecule has 0 saturated heterocycles. The van der Waals surface area contributed by atoms with Gasteiger partial charge in [-0.1, -0.05) is 49.7 Å². The molecule has 1 N–H and O–H groups in total. The second-order valence-electron chi connectivity index (χ2n) is 7.23. The maximum Gasteiger partial charge on any atom is 0.261 e. The molecule has 2 aromatic rings. The minimum atomic E-state index is -0.548. The number of amides is 2. The van der Waals surface area contributed by atoms with E-state index in [1.807, 2.05) is 63.2 Å². The molecule has 0 aliphatic rings. The van der Waals surface area contributed by atoms with Crippen molar-refractivity contribution in [3.05, 3.63) is 63.6 Å². The van der Waals surface area contributed by atoms with Gasteiger partial charge >= 0.3 is 0 Å². The standard InChI is InChI=1S/C24H31BrN2O3/c1-5-18-12-13-22(20(25)14-18)30-16-23(28)27(21(6-2)24(29)26-7-3)15-19-10-8-17(4)9-11-19/h8-14,21H,5-7,15-16H2,1-4H3,(H,26,29)/t21-/m1/s1. The molecule has 2 amide bonds. The summed E-state index contributed by atoms with van der Waals surface area (Å²) in [5.74, 6) is 0.246. The molecule has 2 rings (SSSR count). The van der Waals surface area contributed by atoms with Gasteiger partial charge in [0, 0.05) is 13.1 Å². The number of likely N-dealkylation sites (N-methyl/N-ethyl adjacent to an activating group) is 1. The fourth-order valence-corrected chi connectivity index (χ4v) is 3.75. The van der Waals surface area contributed by atoms with Crippen LogP contribution in [0.4, 0.5) is 0 Å². The number of hydrogen-bond donors (Lipinski definition) is 1. The summed E-state index contributed by atoms with van der Waals surface area (Å²) in [5, 5.41) is 2.84. The van der Waals surface area contributed by atoms with E-state index in [0.29, 0.717) is 25.3 Å². The van der Waals surface area contributed by atoms with Crippen LogP contribution in [0.25, 0.3) is 0 Å². The van der Waals surface area contributed by atoms with Crippen LogP contribution in [0.3, 0.4) is 0 Å². The fourth-order valence-electron chi connectivity index (χ4n) is 3.21. The lowest BCUT2D eigenvalue weighted by Crippen LogP contribution is -2.50. The molecule has 0 spiro atoms. The molecule has 0 saturated carbocycles. The second-order valence-corrected chi connectivity index (χ2v) is 8.09. The van der Waals surface area contributed by atoms with E-state index in [1.54, 1.807) is 4.90 Å². The number of aryl methyl sites for hydroxylation is 2. The molecule has 162 valence electrons. The molecule has 0 fully saturated rings. The van der Waals surface area contributed by atoms with E-state index in [1.165, 1.54) is 5.56 Å². The number of ether oxygens (including phenoxy) is 1. The molecular weight excluding hydrogens is 444 g/mol. The monoisotopic (exact) mass is 474 g/mol. The lowest BCUT2D eigenvalue weighted by atomic mass is 10.1. The third kappa shape index (κ3) is 6.59. The Morgan fingerprint density at radius 3 is 2.30 bits per heavy atom. The van der Waals surface area contributed by atoms with E-state index < -0.39 is 6.04 Å². The van der Waals surface area contributed by atoms with Crippen LogP contribution in [0.5, 0.6) is 5.75 Å². The lowest BCUT2D eigenvalue weighted by molar-refractivity contribution is -0.142.